The summed E-state index contributed by atoms with van der Waals surface area (Å²) in [4.78, 5) is 18.0. The van der Waals surface area contributed by atoms with Crippen LogP contribution in [0.25, 0.3) is 10.9 Å². The molecule has 4 rings (SSSR count). The number of hydrogen-bond donors (Lipinski definition) is 2. The fourth-order valence-corrected chi connectivity index (χ4v) is 4.40. The number of H-pyrrole nitrogens is 1. The van der Waals surface area contributed by atoms with Crippen LogP contribution in [0, 0.1) is 0 Å². The second-order valence-corrected chi connectivity index (χ2v) is 9.07. The van der Waals surface area contributed by atoms with E-state index in [1.807, 2.05) is 59.5 Å². The Labute approximate surface area is 211 Å². The van der Waals surface area contributed by atoms with Crippen molar-refractivity contribution in [2.45, 2.75) is 39.4 Å². The van der Waals surface area contributed by atoms with E-state index in [0.717, 1.165) is 34.2 Å². The molecule has 0 fully saturated rings. The molecule has 1 heterocycles. The van der Waals surface area contributed by atoms with Crippen molar-refractivity contribution in [2.24, 2.45) is 0 Å². The van der Waals surface area contributed by atoms with Gasteiger partial charge >= 0.3 is 0 Å². The fourth-order valence-electron chi connectivity index (χ4n) is 4.10. The van der Waals surface area contributed by atoms with Gasteiger partial charge < -0.3 is 19.9 Å². The van der Waals surface area contributed by atoms with E-state index in [-0.39, 0.29) is 11.6 Å². The molecule has 5 nitrogen and oxygen atoms in total. The van der Waals surface area contributed by atoms with E-state index < -0.39 is 0 Å². The Morgan fingerprint density at radius 1 is 1.00 bits per heavy atom. The van der Waals surface area contributed by atoms with Crippen LogP contribution in [0.15, 0.2) is 83.7 Å². The van der Waals surface area contributed by atoms with Gasteiger partial charge in [-0.3, -0.25) is 4.79 Å². The van der Waals surface area contributed by atoms with Gasteiger partial charge in [0, 0.05) is 17.6 Å². The first-order valence-electron chi connectivity index (χ1n) is 11.8. The molecule has 6 heteroatoms. The SMILES string of the molecule is CCc1ccc2[nH]c(=O)c(CN(Cc3ccc(OC)cc3)C(=S)N[C@H](C)c3ccccc3)cc2c1. The minimum Gasteiger partial charge on any atom is -0.497 e. The van der Waals surface area contributed by atoms with E-state index >= 15 is 0 Å². The molecule has 3 aromatic carbocycles. The number of rotatable bonds is 8. The molecule has 0 aliphatic rings. The summed E-state index contributed by atoms with van der Waals surface area (Å²) in [6.07, 6.45) is 0.944. The number of aromatic nitrogens is 1. The number of aryl methyl sites for hydroxylation is 1. The Morgan fingerprint density at radius 2 is 1.71 bits per heavy atom. The Morgan fingerprint density at radius 3 is 2.40 bits per heavy atom. The summed E-state index contributed by atoms with van der Waals surface area (Å²) in [6, 6.07) is 26.3. The predicted octanol–water partition coefficient (Wildman–Crippen LogP) is 5.74. The molecule has 4 aromatic rings. The maximum absolute atomic E-state index is 13.0. The monoisotopic (exact) mass is 485 g/mol. The number of benzene rings is 3. The first kappa shape index (κ1) is 24.5. The number of methoxy groups -OCH3 is 1. The Hall–Kier alpha value is -3.64. The van der Waals surface area contributed by atoms with Crippen LogP contribution in [0.2, 0.25) is 0 Å². The topological polar surface area (TPSA) is 57.4 Å². The lowest BCUT2D eigenvalue weighted by Crippen LogP contribution is -2.41. The van der Waals surface area contributed by atoms with Crippen LogP contribution in [0.1, 0.15) is 42.1 Å². The lowest BCUT2D eigenvalue weighted by molar-refractivity contribution is 0.390. The zero-order valence-electron chi connectivity index (χ0n) is 20.4. The third-order valence-electron chi connectivity index (χ3n) is 6.21. The molecule has 0 amide bonds. The van der Waals surface area contributed by atoms with Crippen LogP contribution in [-0.4, -0.2) is 22.1 Å². The van der Waals surface area contributed by atoms with Crippen LogP contribution >= 0.6 is 12.2 Å². The normalized spacial score (nSPS) is 11.7. The number of aromatic amines is 1. The molecule has 0 bridgehead atoms. The number of fused-ring (bicyclic) bond motifs is 1. The van der Waals surface area contributed by atoms with Crippen molar-refractivity contribution in [3.8, 4) is 5.75 Å². The largest absolute Gasteiger partial charge is 0.497 e. The number of nitrogens with zero attached hydrogens (tertiary/aromatic N) is 1. The summed E-state index contributed by atoms with van der Waals surface area (Å²) in [5.41, 5.74) is 4.88. The molecule has 0 aliphatic heterocycles. The van der Waals surface area contributed by atoms with Crippen LogP contribution in [0.5, 0.6) is 5.75 Å². The highest BCUT2D eigenvalue weighted by Crippen LogP contribution is 2.19. The van der Waals surface area contributed by atoms with Gasteiger partial charge in [-0.05, 0) is 78.0 Å². The summed E-state index contributed by atoms with van der Waals surface area (Å²) in [7, 11) is 1.65. The van der Waals surface area contributed by atoms with Gasteiger partial charge in [0.25, 0.3) is 5.56 Å². The molecule has 0 saturated carbocycles. The van der Waals surface area contributed by atoms with E-state index in [0.29, 0.717) is 23.8 Å². The van der Waals surface area contributed by atoms with Crippen molar-refractivity contribution in [3.63, 3.8) is 0 Å². The molecule has 1 aromatic heterocycles. The van der Waals surface area contributed by atoms with Crippen LogP contribution < -0.4 is 15.6 Å². The summed E-state index contributed by atoms with van der Waals surface area (Å²) >= 11 is 5.86. The lowest BCUT2D eigenvalue weighted by Gasteiger charge is -2.28. The lowest BCUT2D eigenvalue weighted by atomic mass is 10.1. The second kappa shape index (κ2) is 11.2. The maximum Gasteiger partial charge on any atom is 0.253 e. The molecule has 0 radical (unpaired) electrons. The fraction of sp³-hybridized carbons (Fsp3) is 0.241. The number of nitrogens with one attached hydrogen (secondary N) is 2. The van der Waals surface area contributed by atoms with E-state index in [4.69, 9.17) is 17.0 Å². The number of thiocarbonyl (C=S) groups is 1. The molecular weight excluding hydrogens is 454 g/mol. The summed E-state index contributed by atoms with van der Waals surface area (Å²) in [5, 5.41) is 5.08. The molecule has 0 spiro atoms. The number of ether oxygens (including phenoxy) is 1. The molecule has 35 heavy (non-hydrogen) atoms. The van der Waals surface area contributed by atoms with E-state index in [9.17, 15) is 4.79 Å². The highest BCUT2D eigenvalue weighted by atomic mass is 32.1. The van der Waals surface area contributed by atoms with Gasteiger partial charge in [-0.2, -0.15) is 0 Å². The van der Waals surface area contributed by atoms with Crippen LogP contribution in [0.4, 0.5) is 0 Å². The van der Waals surface area contributed by atoms with Crippen molar-refractivity contribution in [1.29, 1.82) is 0 Å². The number of hydrogen-bond acceptors (Lipinski definition) is 3. The smallest absolute Gasteiger partial charge is 0.253 e. The molecular formula is C29H31N3O2S. The van der Waals surface area contributed by atoms with E-state index in [1.54, 1.807) is 7.11 Å². The number of pyridine rings is 1. The van der Waals surface area contributed by atoms with Gasteiger partial charge in [0.1, 0.15) is 5.75 Å². The third kappa shape index (κ3) is 6.08. The predicted molar refractivity (Wildman–Crippen MR) is 147 cm³/mol. The molecule has 0 saturated heterocycles. The van der Waals surface area contributed by atoms with Gasteiger partial charge in [-0.15, -0.1) is 0 Å². The zero-order valence-corrected chi connectivity index (χ0v) is 21.2. The minimum absolute atomic E-state index is 0.0315. The quantitative estimate of drug-likeness (QED) is 0.312. The van der Waals surface area contributed by atoms with Gasteiger partial charge in [-0.1, -0.05) is 55.5 Å². The molecule has 2 N–H and O–H groups in total. The van der Waals surface area contributed by atoms with Crippen LogP contribution in [-0.2, 0) is 19.5 Å². The first-order chi connectivity index (χ1) is 17.0. The molecule has 0 aliphatic carbocycles. The average molecular weight is 486 g/mol. The highest BCUT2D eigenvalue weighted by molar-refractivity contribution is 7.80. The van der Waals surface area contributed by atoms with Crippen molar-refractivity contribution >= 4 is 28.2 Å². The van der Waals surface area contributed by atoms with Gasteiger partial charge in [0.05, 0.1) is 19.7 Å². The van der Waals surface area contributed by atoms with E-state index in [1.165, 1.54) is 5.56 Å². The molecule has 1 atom stereocenters. The Bertz CT molecular complexity index is 1350. The third-order valence-corrected chi connectivity index (χ3v) is 6.59. The zero-order chi connectivity index (χ0) is 24.8. The second-order valence-electron chi connectivity index (χ2n) is 8.68. The Kier molecular flexibility index (Phi) is 7.83. The van der Waals surface area contributed by atoms with Crippen LogP contribution in [0.3, 0.4) is 0 Å². The van der Waals surface area contributed by atoms with Crippen molar-refractivity contribution in [3.05, 3.63) is 111 Å². The summed E-state index contributed by atoms with van der Waals surface area (Å²) < 4.78 is 5.30. The van der Waals surface area contributed by atoms with Gasteiger partial charge in [0.15, 0.2) is 5.11 Å². The molecule has 0 unspecified atom stereocenters. The first-order valence-corrected chi connectivity index (χ1v) is 12.3. The minimum atomic E-state index is -0.0969. The van der Waals surface area contributed by atoms with E-state index in [2.05, 4.69) is 48.4 Å². The molecule has 180 valence electrons. The highest BCUT2D eigenvalue weighted by Gasteiger charge is 2.17. The van der Waals surface area contributed by atoms with Gasteiger partial charge in [0.2, 0.25) is 0 Å². The summed E-state index contributed by atoms with van der Waals surface area (Å²) in [6.45, 7) is 5.16. The van der Waals surface area contributed by atoms with Crippen molar-refractivity contribution < 1.29 is 4.74 Å². The summed E-state index contributed by atoms with van der Waals surface area (Å²) in [5.74, 6) is 0.802. The van der Waals surface area contributed by atoms with Crippen molar-refractivity contribution in [1.82, 2.24) is 15.2 Å². The maximum atomic E-state index is 13.0. The standard InChI is InChI=1S/C29H31N3O2S/c1-4-21-12-15-27-24(16-21)17-25(28(33)31-27)19-32(18-22-10-13-26(34-3)14-11-22)29(35)30-20(2)23-8-6-5-7-9-23/h5-17,20H,4,18-19H2,1-3H3,(H,30,35)(H,31,33)/t20-/m1/s1. The average Bonchev–Trinajstić information content (AvgIpc) is 2.89. The van der Waals surface area contributed by atoms with Crippen molar-refractivity contribution in [2.75, 3.05) is 7.11 Å². The van der Waals surface area contributed by atoms with Gasteiger partial charge in [-0.25, -0.2) is 0 Å². The Balaban J connectivity index is 1.63.